The van der Waals surface area contributed by atoms with Crippen LogP contribution in [0.4, 0.5) is 0 Å². The molecule has 0 saturated heterocycles. The number of nitrogens with one attached hydrogen (secondary N) is 1. The first kappa shape index (κ1) is 15.0. The molecule has 0 saturated carbocycles. The van der Waals surface area contributed by atoms with Gasteiger partial charge in [-0.2, -0.15) is 0 Å². The molecule has 1 unspecified atom stereocenters. The molecular formula is C18H17N3O2. The molecule has 2 N–H and O–H groups in total. The summed E-state index contributed by atoms with van der Waals surface area (Å²) in [5, 5.41) is 9.06. The predicted octanol–water partition coefficient (Wildman–Crippen LogP) is 3.52. The van der Waals surface area contributed by atoms with Gasteiger partial charge in [0.1, 0.15) is 11.5 Å². The van der Waals surface area contributed by atoms with Crippen LogP contribution in [-0.2, 0) is 6.42 Å². The second kappa shape index (κ2) is 6.44. The molecule has 0 aliphatic carbocycles. The third-order valence-corrected chi connectivity index (χ3v) is 3.72. The Hall–Kier alpha value is -2.95. The Balaban J connectivity index is 1.80. The number of imidazole rings is 1. The van der Waals surface area contributed by atoms with Gasteiger partial charge in [-0.3, -0.25) is 4.98 Å². The van der Waals surface area contributed by atoms with E-state index in [0.717, 1.165) is 12.2 Å². The van der Waals surface area contributed by atoms with Gasteiger partial charge in [0.05, 0.1) is 11.3 Å². The van der Waals surface area contributed by atoms with Crippen molar-refractivity contribution in [1.82, 2.24) is 15.0 Å². The summed E-state index contributed by atoms with van der Waals surface area (Å²) in [5.41, 5.74) is 2.67. The Morgan fingerprint density at radius 3 is 2.74 bits per heavy atom. The number of nitrogens with zero attached hydrogens (tertiary/aromatic N) is 2. The van der Waals surface area contributed by atoms with Crippen molar-refractivity contribution in [2.24, 2.45) is 0 Å². The fourth-order valence-electron chi connectivity index (χ4n) is 2.49. The second-order valence-corrected chi connectivity index (χ2v) is 5.50. The molecule has 5 nitrogen and oxygen atoms in total. The Bertz CT molecular complexity index is 812. The highest BCUT2D eigenvalue weighted by atomic mass is 16.4. The first-order valence-corrected chi connectivity index (χ1v) is 7.42. The average molecular weight is 307 g/mol. The minimum absolute atomic E-state index is 0.205. The molecule has 0 fully saturated rings. The first-order chi connectivity index (χ1) is 11.1. The van der Waals surface area contributed by atoms with Crippen molar-refractivity contribution in [2.45, 2.75) is 19.3 Å². The molecule has 0 amide bonds. The number of aromatic nitrogens is 3. The molecule has 5 heteroatoms. The third kappa shape index (κ3) is 3.45. The second-order valence-electron chi connectivity index (χ2n) is 5.50. The van der Waals surface area contributed by atoms with Crippen LogP contribution in [0.15, 0.2) is 54.9 Å². The van der Waals surface area contributed by atoms with E-state index in [1.807, 2.05) is 18.2 Å². The van der Waals surface area contributed by atoms with Crippen LogP contribution in [0.3, 0.4) is 0 Å². The Labute approximate surface area is 134 Å². The van der Waals surface area contributed by atoms with Crippen LogP contribution in [0.5, 0.6) is 0 Å². The lowest BCUT2D eigenvalue weighted by Gasteiger charge is -2.08. The average Bonchev–Trinajstić information content (AvgIpc) is 3.06. The zero-order valence-corrected chi connectivity index (χ0v) is 12.7. The molecular weight excluding hydrogens is 290 g/mol. The van der Waals surface area contributed by atoms with Crippen LogP contribution in [0, 0.1) is 0 Å². The van der Waals surface area contributed by atoms with Crippen LogP contribution in [0.25, 0.3) is 11.4 Å². The van der Waals surface area contributed by atoms with Gasteiger partial charge < -0.3 is 10.1 Å². The Kier molecular flexibility index (Phi) is 4.19. The molecule has 3 aromatic rings. The number of rotatable bonds is 5. The normalized spacial score (nSPS) is 12.0. The fraction of sp³-hybridized carbons (Fsp3) is 0.167. The van der Waals surface area contributed by atoms with Crippen molar-refractivity contribution >= 4 is 5.97 Å². The number of benzene rings is 1. The molecule has 1 aromatic carbocycles. The van der Waals surface area contributed by atoms with E-state index >= 15 is 0 Å². The molecule has 3 rings (SSSR count). The van der Waals surface area contributed by atoms with Crippen LogP contribution < -0.4 is 0 Å². The SMILES string of the molecule is CC(Cc1ccccc1)c1nc(-c2cc(C(=O)O)ccn2)c[nH]1. The predicted molar refractivity (Wildman–Crippen MR) is 87.3 cm³/mol. The minimum atomic E-state index is -0.971. The quantitative estimate of drug-likeness (QED) is 0.756. The molecule has 23 heavy (non-hydrogen) atoms. The van der Waals surface area contributed by atoms with E-state index in [0.29, 0.717) is 11.4 Å². The zero-order chi connectivity index (χ0) is 16.2. The van der Waals surface area contributed by atoms with Gasteiger partial charge in [-0.25, -0.2) is 9.78 Å². The molecule has 2 aromatic heterocycles. The van der Waals surface area contributed by atoms with Gasteiger partial charge in [-0.1, -0.05) is 37.3 Å². The van der Waals surface area contributed by atoms with Crippen molar-refractivity contribution < 1.29 is 9.90 Å². The molecule has 116 valence electrons. The molecule has 0 aliphatic rings. The number of hydrogen-bond acceptors (Lipinski definition) is 3. The third-order valence-electron chi connectivity index (χ3n) is 3.72. The van der Waals surface area contributed by atoms with Gasteiger partial charge in [0.2, 0.25) is 0 Å². The van der Waals surface area contributed by atoms with Crippen LogP contribution >= 0.6 is 0 Å². The number of pyridine rings is 1. The number of carboxylic acid groups (broad SMARTS) is 1. The maximum atomic E-state index is 11.0. The van der Waals surface area contributed by atoms with E-state index in [1.165, 1.54) is 23.9 Å². The molecule has 0 aliphatic heterocycles. The molecule has 1 atom stereocenters. The number of carboxylic acids is 1. The van der Waals surface area contributed by atoms with Crippen molar-refractivity contribution in [3.8, 4) is 11.4 Å². The van der Waals surface area contributed by atoms with E-state index in [-0.39, 0.29) is 11.5 Å². The van der Waals surface area contributed by atoms with E-state index in [4.69, 9.17) is 5.11 Å². The monoisotopic (exact) mass is 307 g/mol. The Morgan fingerprint density at radius 2 is 2.00 bits per heavy atom. The van der Waals surface area contributed by atoms with E-state index in [2.05, 4.69) is 34.0 Å². The van der Waals surface area contributed by atoms with Gasteiger partial charge >= 0.3 is 5.97 Å². The highest BCUT2D eigenvalue weighted by Gasteiger charge is 2.13. The standard InChI is InChI=1S/C18H17N3O2/c1-12(9-13-5-3-2-4-6-13)17-20-11-16(21-17)15-10-14(18(22)23)7-8-19-15/h2-8,10-12H,9H2,1H3,(H,20,21)(H,22,23). The number of aromatic amines is 1. The molecule has 0 radical (unpaired) electrons. The number of aromatic carboxylic acids is 1. The van der Waals surface area contributed by atoms with Gasteiger partial charge in [0.25, 0.3) is 0 Å². The zero-order valence-electron chi connectivity index (χ0n) is 12.7. The highest BCUT2D eigenvalue weighted by molar-refractivity contribution is 5.88. The number of carbonyl (C=O) groups is 1. The molecule has 2 heterocycles. The smallest absolute Gasteiger partial charge is 0.335 e. The van der Waals surface area contributed by atoms with Crippen molar-refractivity contribution in [2.75, 3.05) is 0 Å². The summed E-state index contributed by atoms with van der Waals surface area (Å²) in [7, 11) is 0. The van der Waals surface area contributed by atoms with E-state index < -0.39 is 5.97 Å². The fourth-order valence-corrected chi connectivity index (χ4v) is 2.49. The molecule has 0 spiro atoms. The van der Waals surface area contributed by atoms with Gasteiger partial charge in [0, 0.05) is 18.3 Å². The van der Waals surface area contributed by atoms with Gasteiger partial charge in [-0.05, 0) is 24.1 Å². The molecule has 0 bridgehead atoms. The minimum Gasteiger partial charge on any atom is -0.478 e. The van der Waals surface area contributed by atoms with E-state index in [9.17, 15) is 4.79 Å². The summed E-state index contributed by atoms with van der Waals surface area (Å²) < 4.78 is 0. The maximum Gasteiger partial charge on any atom is 0.335 e. The lowest BCUT2D eigenvalue weighted by molar-refractivity contribution is 0.0697. The summed E-state index contributed by atoms with van der Waals surface area (Å²) in [6.07, 6.45) is 4.14. The largest absolute Gasteiger partial charge is 0.478 e. The van der Waals surface area contributed by atoms with Crippen LogP contribution in [0.1, 0.15) is 34.6 Å². The first-order valence-electron chi connectivity index (χ1n) is 7.42. The van der Waals surface area contributed by atoms with Crippen molar-refractivity contribution in [1.29, 1.82) is 0 Å². The van der Waals surface area contributed by atoms with Crippen molar-refractivity contribution in [3.05, 3.63) is 71.8 Å². The number of hydrogen-bond donors (Lipinski definition) is 2. The van der Waals surface area contributed by atoms with Gasteiger partial charge in [0.15, 0.2) is 0 Å². The van der Waals surface area contributed by atoms with Gasteiger partial charge in [-0.15, -0.1) is 0 Å². The van der Waals surface area contributed by atoms with Crippen molar-refractivity contribution in [3.63, 3.8) is 0 Å². The summed E-state index contributed by atoms with van der Waals surface area (Å²) >= 11 is 0. The summed E-state index contributed by atoms with van der Waals surface area (Å²) in [6.45, 7) is 2.11. The highest BCUT2D eigenvalue weighted by Crippen LogP contribution is 2.22. The summed E-state index contributed by atoms with van der Waals surface area (Å²) in [4.78, 5) is 23.0. The summed E-state index contributed by atoms with van der Waals surface area (Å²) in [6, 6.07) is 13.2. The van der Waals surface area contributed by atoms with Crippen LogP contribution in [0.2, 0.25) is 0 Å². The number of H-pyrrole nitrogens is 1. The maximum absolute atomic E-state index is 11.0. The lowest BCUT2D eigenvalue weighted by atomic mass is 10.0. The topological polar surface area (TPSA) is 78.9 Å². The van der Waals surface area contributed by atoms with Crippen LogP contribution in [-0.4, -0.2) is 26.0 Å². The summed E-state index contributed by atoms with van der Waals surface area (Å²) in [5.74, 6) is 0.127. The lowest BCUT2D eigenvalue weighted by Crippen LogP contribution is -2.01. The van der Waals surface area contributed by atoms with E-state index in [1.54, 1.807) is 6.20 Å². The Morgan fingerprint density at radius 1 is 1.22 bits per heavy atom.